The molecule has 3 nitrogen and oxygen atoms in total. The number of ether oxygens (including phenoxy) is 1. The molecule has 1 aromatic carbocycles. The number of rotatable bonds is 5. The van der Waals surface area contributed by atoms with Gasteiger partial charge in [0.1, 0.15) is 5.75 Å². The number of anilines is 1. The quantitative estimate of drug-likeness (QED) is 0.854. The normalized spacial score (nSPS) is 13.2. The van der Waals surface area contributed by atoms with Crippen LogP contribution in [0.4, 0.5) is 5.00 Å². The van der Waals surface area contributed by atoms with Gasteiger partial charge < -0.3 is 10.5 Å². The van der Waals surface area contributed by atoms with E-state index in [1.807, 2.05) is 24.3 Å². The molecule has 110 valence electrons. The second kappa shape index (κ2) is 5.90. The Hall–Kier alpha value is -1.81. The van der Waals surface area contributed by atoms with Crippen LogP contribution in [0.5, 0.6) is 5.75 Å². The van der Waals surface area contributed by atoms with Crippen LogP contribution in [0, 0.1) is 0 Å². The average molecular weight is 301 g/mol. The molecule has 1 aromatic heterocycles. The summed E-state index contributed by atoms with van der Waals surface area (Å²) in [5, 5.41) is 0.663. The summed E-state index contributed by atoms with van der Waals surface area (Å²) >= 11 is 1.57. The monoisotopic (exact) mass is 301 g/mol. The summed E-state index contributed by atoms with van der Waals surface area (Å²) < 4.78 is 5.54. The van der Waals surface area contributed by atoms with Gasteiger partial charge in [0.25, 0.3) is 0 Å². The summed E-state index contributed by atoms with van der Waals surface area (Å²) in [6.07, 6.45) is 4.13. The molecule has 2 N–H and O–H groups in total. The van der Waals surface area contributed by atoms with Crippen LogP contribution in [0.15, 0.2) is 24.3 Å². The molecule has 0 amide bonds. The van der Waals surface area contributed by atoms with Crippen molar-refractivity contribution in [3.05, 3.63) is 45.8 Å². The van der Waals surface area contributed by atoms with Gasteiger partial charge in [-0.3, -0.25) is 4.79 Å². The largest absolute Gasteiger partial charge is 0.494 e. The van der Waals surface area contributed by atoms with Gasteiger partial charge in [-0.2, -0.15) is 0 Å². The molecule has 0 aliphatic heterocycles. The number of nitrogens with two attached hydrogens (primary N) is 1. The number of benzene rings is 1. The van der Waals surface area contributed by atoms with E-state index in [-0.39, 0.29) is 5.78 Å². The fraction of sp³-hybridized carbons (Fsp3) is 0.353. The van der Waals surface area contributed by atoms with Crippen LogP contribution in [0.2, 0.25) is 0 Å². The number of ketones is 1. The number of carbonyl (C=O) groups is 1. The number of hydrogen-bond acceptors (Lipinski definition) is 4. The number of fused-ring (bicyclic) bond motifs is 1. The lowest BCUT2D eigenvalue weighted by atomic mass is 10.0. The molecule has 0 saturated heterocycles. The minimum Gasteiger partial charge on any atom is -0.494 e. The van der Waals surface area contributed by atoms with Gasteiger partial charge in [-0.15, -0.1) is 11.3 Å². The van der Waals surface area contributed by atoms with Crippen LogP contribution in [0.3, 0.4) is 0 Å². The van der Waals surface area contributed by atoms with E-state index in [0.29, 0.717) is 17.2 Å². The van der Waals surface area contributed by atoms with Gasteiger partial charge in [0.15, 0.2) is 5.78 Å². The van der Waals surface area contributed by atoms with Gasteiger partial charge >= 0.3 is 0 Å². The van der Waals surface area contributed by atoms with Crippen molar-refractivity contribution in [3.8, 4) is 5.75 Å². The third-order valence-electron chi connectivity index (χ3n) is 3.76. The Balaban J connectivity index is 1.85. The van der Waals surface area contributed by atoms with Crippen molar-refractivity contribution in [2.24, 2.45) is 0 Å². The molecule has 0 saturated carbocycles. The molecule has 0 fully saturated rings. The molecule has 2 aromatic rings. The fourth-order valence-corrected chi connectivity index (χ4v) is 3.90. The third kappa shape index (κ3) is 2.68. The van der Waals surface area contributed by atoms with Crippen molar-refractivity contribution in [1.29, 1.82) is 0 Å². The van der Waals surface area contributed by atoms with Crippen molar-refractivity contribution in [2.45, 2.75) is 32.6 Å². The first-order valence-corrected chi connectivity index (χ1v) is 8.20. The molecule has 1 aliphatic carbocycles. The molecule has 3 rings (SSSR count). The molecule has 0 unspecified atom stereocenters. The van der Waals surface area contributed by atoms with Gasteiger partial charge in [-0.05, 0) is 55.5 Å². The first kappa shape index (κ1) is 14.1. The van der Waals surface area contributed by atoms with Crippen molar-refractivity contribution in [1.82, 2.24) is 0 Å². The Kier molecular flexibility index (Phi) is 3.97. The van der Waals surface area contributed by atoms with Crippen LogP contribution in [-0.2, 0) is 12.8 Å². The smallest absolute Gasteiger partial charge is 0.196 e. The highest BCUT2D eigenvalue weighted by molar-refractivity contribution is 7.16. The Bertz CT molecular complexity index is 658. The first-order valence-electron chi connectivity index (χ1n) is 7.38. The van der Waals surface area contributed by atoms with Crippen molar-refractivity contribution in [3.63, 3.8) is 0 Å². The average Bonchev–Trinajstić information content (AvgIpc) is 3.05. The number of aryl methyl sites for hydroxylation is 1. The summed E-state index contributed by atoms with van der Waals surface area (Å²) in [5.74, 6) is 0.839. The zero-order valence-electron chi connectivity index (χ0n) is 12.1. The second-order valence-electron chi connectivity index (χ2n) is 5.30. The van der Waals surface area contributed by atoms with E-state index >= 15 is 0 Å². The molecule has 1 heterocycles. The van der Waals surface area contributed by atoms with Gasteiger partial charge in [-0.1, -0.05) is 6.92 Å². The van der Waals surface area contributed by atoms with Crippen molar-refractivity contribution >= 4 is 22.1 Å². The summed E-state index contributed by atoms with van der Waals surface area (Å²) in [6.45, 7) is 2.76. The van der Waals surface area contributed by atoms with Gasteiger partial charge in [0.05, 0.1) is 17.2 Å². The van der Waals surface area contributed by atoms with Gasteiger partial charge in [0, 0.05) is 10.4 Å². The van der Waals surface area contributed by atoms with Crippen molar-refractivity contribution < 1.29 is 9.53 Å². The molecule has 0 bridgehead atoms. The zero-order chi connectivity index (χ0) is 14.8. The highest BCUT2D eigenvalue weighted by Gasteiger charge is 2.25. The standard InChI is InChI=1S/C17H19NO2S/c1-2-10-20-12-8-6-11(7-9-12)16(19)15-13-4-3-5-14(13)21-17(15)18/h6-9H,2-5,10,18H2,1H3. The van der Waals surface area contributed by atoms with Gasteiger partial charge in [-0.25, -0.2) is 0 Å². The third-order valence-corrected chi connectivity index (χ3v) is 4.89. The lowest BCUT2D eigenvalue weighted by Gasteiger charge is -2.06. The maximum atomic E-state index is 12.7. The Labute approximate surface area is 128 Å². The number of carbonyl (C=O) groups excluding carboxylic acids is 1. The highest BCUT2D eigenvalue weighted by atomic mass is 32.1. The molecule has 0 atom stereocenters. The topological polar surface area (TPSA) is 52.3 Å². The number of hydrogen-bond donors (Lipinski definition) is 1. The fourth-order valence-electron chi connectivity index (χ4n) is 2.74. The van der Waals surface area contributed by atoms with Crippen LogP contribution in [-0.4, -0.2) is 12.4 Å². The van der Waals surface area contributed by atoms with Crippen molar-refractivity contribution in [2.75, 3.05) is 12.3 Å². The Morgan fingerprint density at radius 3 is 2.76 bits per heavy atom. The van der Waals surface area contributed by atoms with E-state index in [1.165, 1.54) is 10.4 Å². The lowest BCUT2D eigenvalue weighted by Crippen LogP contribution is -2.05. The number of thiophene rings is 1. The summed E-state index contributed by atoms with van der Waals surface area (Å²) in [5.41, 5.74) is 8.64. The molecule has 0 spiro atoms. The lowest BCUT2D eigenvalue weighted by molar-refractivity contribution is 0.103. The van der Waals surface area contributed by atoms with Crippen LogP contribution < -0.4 is 10.5 Å². The Morgan fingerprint density at radius 1 is 1.29 bits per heavy atom. The summed E-state index contributed by atoms with van der Waals surface area (Å²) in [7, 11) is 0. The van der Waals surface area contributed by atoms with E-state index in [4.69, 9.17) is 10.5 Å². The van der Waals surface area contributed by atoms with E-state index in [9.17, 15) is 4.79 Å². The molecule has 21 heavy (non-hydrogen) atoms. The molecule has 1 aliphatic rings. The predicted molar refractivity (Wildman–Crippen MR) is 86.4 cm³/mol. The maximum absolute atomic E-state index is 12.7. The molecule has 0 radical (unpaired) electrons. The van der Waals surface area contributed by atoms with Crippen LogP contribution in [0.1, 0.15) is 46.1 Å². The van der Waals surface area contributed by atoms with E-state index in [0.717, 1.165) is 37.0 Å². The summed E-state index contributed by atoms with van der Waals surface area (Å²) in [6, 6.07) is 7.36. The molecular formula is C17H19NO2S. The van der Waals surface area contributed by atoms with E-state index < -0.39 is 0 Å². The van der Waals surface area contributed by atoms with Gasteiger partial charge in [0.2, 0.25) is 0 Å². The number of nitrogen functional groups attached to an aromatic ring is 1. The van der Waals surface area contributed by atoms with Crippen LogP contribution >= 0.6 is 11.3 Å². The minimum absolute atomic E-state index is 0.0361. The van der Waals surface area contributed by atoms with Crippen LogP contribution in [0.25, 0.3) is 0 Å². The van der Waals surface area contributed by atoms with E-state index in [1.54, 1.807) is 11.3 Å². The Morgan fingerprint density at radius 2 is 2.05 bits per heavy atom. The molecule has 4 heteroatoms. The SMILES string of the molecule is CCCOc1ccc(C(=O)c2c(N)sc3c2CCC3)cc1. The predicted octanol–water partition coefficient (Wildman–Crippen LogP) is 3.84. The zero-order valence-corrected chi connectivity index (χ0v) is 13.0. The maximum Gasteiger partial charge on any atom is 0.196 e. The molecular weight excluding hydrogens is 282 g/mol. The highest BCUT2D eigenvalue weighted by Crippen LogP contribution is 2.38. The van der Waals surface area contributed by atoms with E-state index in [2.05, 4.69) is 6.92 Å². The summed E-state index contributed by atoms with van der Waals surface area (Å²) in [4.78, 5) is 14.0. The first-order chi connectivity index (χ1) is 10.2. The minimum atomic E-state index is 0.0361. The second-order valence-corrected chi connectivity index (χ2v) is 6.44.